The van der Waals surface area contributed by atoms with Crippen molar-refractivity contribution >= 4 is 0 Å². The Morgan fingerprint density at radius 1 is 1.19 bits per heavy atom. The Bertz CT molecular complexity index is 294. The Balaban J connectivity index is 2.55. The van der Waals surface area contributed by atoms with Crippen LogP contribution in [-0.2, 0) is 11.2 Å². The molecule has 0 fully saturated rings. The predicted molar refractivity (Wildman–Crippen MR) is 68.7 cm³/mol. The van der Waals surface area contributed by atoms with Crippen LogP contribution in [0.4, 0.5) is 0 Å². The zero-order valence-corrected chi connectivity index (χ0v) is 10.8. The normalized spacial score (nSPS) is 14.8. The highest BCUT2D eigenvalue weighted by molar-refractivity contribution is 5.24. The van der Waals surface area contributed by atoms with Gasteiger partial charge >= 0.3 is 0 Å². The lowest BCUT2D eigenvalue weighted by atomic mass is 10.0. The number of aryl methyl sites for hydroxylation is 1. The summed E-state index contributed by atoms with van der Waals surface area (Å²) >= 11 is 0. The molecule has 0 aliphatic heterocycles. The first-order valence-electron chi connectivity index (χ1n) is 6.01. The van der Waals surface area contributed by atoms with Crippen LogP contribution < -0.4 is 5.32 Å². The first kappa shape index (κ1) is 13.2. The van der Waals surface area contributed by atoms with Gasteiger partial charge < -0.3 is 10.1 Å². The molecule has 0 aromatic heterocycles. The molecule has 0 bridgehead atoms. The summed E-state index contributed by atoms with van der Waals surface area (Å²) in [5.74, 6) is 0. The number of rotatable bonds is 6. The smallest absolute Gasteiger partial charge is 0.0613 e. The van der Waals surface area contributed by atoms with Gasteiger partial charge in [0.2, 0.25) is 0 Å². The first-order chi connectivity index (χ1) is 7.67. The number of methoxy groups -OCH3 is 1. The lowest BCUT2D eigenvalue weighted by molar-refractivity contribution is 0.168. The van der Waals surface area contributed by atoms with E-state index in [1.54, 1.807) is 7.11 Å². The molecule has 2 atom stereocenters. The minimum Gasteiger partial charge on any atom is -0.383 e. The molecule has 0 amide bonds. The molecule has 0 heterocycles. The summed E-state index contributed by atoms with van der Waals surface area (Å²) < 4.78 is 5.11. The Morgan fingerprint density at radius 3 is 2.31 bits per heavy atom. The Hall–Kier alpha value is -0.860. The number of hydrogen-bond acceptors (Lipinski definition) is 2. The number of hydrogen-bond donors (Lipinski definition) is 1. The van der Waals surface area contributed by atoms with Gasteiger partial charge in [-0.05, 0) is 31.4 Å². The van der Waals surface area contributed by atoms with Gasteiger partial charge in [0.25, 0.3) is 0 Å². The average Bonchev–Trinajstić information content (AvgIpc) is 2.29. The third kappa shape index (κ3) is 3.95. The first-order valence-corrected chi connectivity index (χ1v) is 6.01. The van der Waals surface area contributed by atoms with E-state index in [4.69, 9.17) is 4.74 Å². The molecule has 90 valence electrons. The SMILES string of the molecule is CCc1ccc(C(C)NC(C)COC)cc1. The minimum atomic E-state index is 0.371. The van der Waals surface area contributed by atoms with Crippen LogP contribution in [-0.4, -0.2) is 19.8 Å². The van der Waals surface area contributed by atoms with Crippen molar-refractivity contribution in [2.45, 2.75) is 39.3 Å². The molecule has 1 N–H and O–H groups in total. The molecule has 0 spiro atoms. The fourth-order valence-electron chi connectivity index (χ4n) is 1.86. The second-order valence-corrected chi connectivity index (χ2v) is 4.34. The van der Waals surface area contributed by atoms with Gasteiger partial charge in [0.1, 0.15) is 0 Å². The topological polar surface area (TPSA) is 21.3 Å². The summed E-state index contributed by atoms with van der Waals surface area (Å²) in [5.41, 5.74) is 2.72. The Kier molecular flexibility index (Phi) is 5.50. The van der Waals surface area contributed by atoms with Crippen LogP contribution in [0.1, 0.15) is 37.9 Å². The summed E-state index contributed by atoms with van der Waals surface area (Å²) in [6, 6.07) is 9.57. The van der Waals surface area contributed by atoms with Crippen LogP contribution in [0.25, 0.3) is 0 Å². The fourth-order valence-corrected chi connectivity index (χ4v) is 1.86. The van der Waals surface area contributed by atoms with Crippen molar-refractivity contribution in [2.75, 3.05) is 13.7 Å². The highest BCUT2D eigenvalue weighted by Gasteiger charge is 2.08. The van der Waals surface area contributed by atoms with Gasteiger partial charge in [0.15, 0.2) is 0 Å². The fraction of sp³-hybridized carbons (Fsp3) is 0.571. The molecule has 2 unspecified atom stereocenters. The lowest BCUT2D eigenvalue weighted by Gasteiger charge is -2.20. The van der Waals surface area contributed by atoms with Gasteiger partial charge in [0.05, 0.1) is 6.61 Å². The summed E-state index contributed by atoms with van der Waals surface area (Å²) in [4.78, 5) is 0. The molecule has 0 saturated heterocycles. The van der Waals surface area contributed by atoms with E-state index >= 15 is 0 Å². The van der Waals surface area contributed by atoms with Gasteiger partial charge in [-0.3, -0.25) is 0 Å². The van der Waals surface area contributed by atoms with Crippen LogP contribution in [0, 0.1) is 0 Å². The van der Waals surface area contributed by atoms with Crippen molar-refractivity contribution in [3.8, 4) is 0 Å². The quantitative estimate of drug-likeness (QED) is 0.797. The van der Waals surface area contributed by atoms with Gasteiger partial charge in [0, 0.05) is 19.2 Å². The maximum Gasteiger partial charge on any atom is 0.0613 e. The largest absolute Gasteiger partial charge is 0.383 e. The summed E-state index contributed by atoms with van der Waals surface area (Å²) in [7, 11) is 1.74. The highest BCUT2D eigenvalue weighted by atomic mass is 16.5. The van der Waals surface area contributed by atoms with E-state index < -0.39 is 0 Å². The molecule has 0 aliphatic carbocycles. The molecule has 0 saturated carbocycles. The van der Waals surface area contributed by atoms with Crippen molar-refractivity contribution in [1.82, 2.24) is 5.32 Å². The zero-order chi connectivity index (χ0) is 12.0. The maximum atomic E-state index is 5.11. The van der Waals surface area contributed by atoms with Crippen LogP contribution in [0.3, 0.4) is 0 Å². The number of ether oxygens (including phenoxy) is 1. The third-order valence-electron chi connectivity index (χ3n) is 2.84. The van der Waals surface area contributed by atoms with Gasteiger partial charge in [-0.15, -0.1) is 0 Å². The Morgan fingerprint density at radius 2 is 1.81 bits per heavy atom. The van der Waals surface area contributed by atoms with Crippen LogP contribution >= 0.6 is 0 Å². The standard InChI is InChI=1S/C14H23NO/c1-5-13-6-8-14(9-7-13)12(3)15-11(2)10-16-4/h6-9,11-12,15H,5,10H2,1-4H3. The second kappa shape index (κ2) is 6.66. The lowest BCUT2D eigenvalue weighted by Crippen LogP contribution is -2.32. The molecular weight excluding hydrogens is 198 g/mol. The van der Waals surface area contributed by atoms with Crippen molar-refractivity contribution in [3.05, 3.63) is 35.4 Å². The maximum absolute atomic E-state index is 5.11. The van der Waals surface area contributed by atoms with E-state index in [9.17, 15) is 0 Å². The van der Waals surface area contributed by atoms with Crippen molar-refractivity contribution < 1.29 is 4.74 Å². The van der Waals surface area contributed by atoms with Gasteiger partial charge in [-0.2, -0.15) is 0 Å². The molecule has 1 rings (SSSR count). The van der Waals surface area contributed by atoms with E-state index in [1.165, 1.54) is 11.1 Å². The molecule has 2 nitrogen and oxygen atoms in total. The van der Waals surface area contributed by atoms with Crippen molar-refractivity contribution in [3.63, 3.8) is 0 Å². The molecule has 0 aliphatic rings. The predicted octanol–water partition coefficient (Wildman–Crippen LogP) is 2.93. The minimum absolute atomic E-state index is 0.371. The number of benzene rings is 1. The third-order valence-corrected chi connectivity index (χ3v) is 2.84. The monoisotopic (exact) mass is 221 g/mol. The van der Waals surface area contributed by atoms with Gasteiger partial charge in [-0.25, -0.2) is 0 Å². The number of nitrogens with one attached hydrogen (secondary N) is 1. The van der Waals surface area contributed by atoms with Gasteiger partial charge in [-0.1, -0.05) is 31.2 Å². The van der Waals surface area contributed by atoms with Crippen LogP contribution in [0.15, 0.2) is 24.3 Å². The van der Waals surface area contributed by atoms with E-state index in [0.717, 1.165) is 13.0 Å². The van der Waals surface area contributed by atoms with Crippen molar-refractivity contribution in [1.29, 1.82) is 0 Å². The summed E-state index contributed by atoms with van der Waals surface area (Å²) in [6.07, 6.45) is 1.10. The summed E-state index contributed by atoms with van der Waals surface area (Å²) in [5, 5.41) is 3.51. The molecule has 2 heteroatoms. The summed E-state index contributed by atoms with van der Waals surface area (Å²) in [6.45, 7) is 7.25. The average molecular weight is 221 g/mol. The zero-order valence-electron chi connectivity index (χ0n) is 10.8. The molecule has 1 aromatic carbocycles. The second-order valence-electron chi connectivity index (χ2n) is 4.34. The molecule has 1 aromatic rings. The molecular formula is C14H23NO. The van der Waals surface area contributed by atoms with E-state index in [1.807, 2.05) is 0 Å². The molecule has 16 heavy (non-hydrogen) atoms. The van der Waals surface area contributed by atoms with E-state index in [0.29, 0.717) is 12.1 Å². The highest BCUT2D eigenvalue weighted by Crippen LogP contribution is 2.14. The Labute approximate surface area is 99.0 Å². The van der Waals surface area contributed by atoms with Crippen molar-refractivity contribution in [2.24, 2.45) is 0 Å². The van der Waals surface area contributed by atoms with Crippen LogP contribution in [0.2, 0.25) is 0 Å². The van der Waals surface area contributed by atoms with E-state index in [2.05, 4.69) is 50.4 Å². The molecule has 0 radical (unpaired) electrons. The van der Waals surface area contributed by atoms with Crippen LogP contribution in [0.5, 0.6) is 0 Å². The van der Waals surface area contributed by atoms with E-state index in [-0.39, 0.29) is 0 Å².